The minimum absolute atomic E-state index is 0.682. The van der Waals surface area contributed by atoms with E-state index in [1.54, 1.807) is 0 Å². The maximum absolute atomic E-state index is 8.98. The Morgan fingerprint density at radius 1 is 1.24 bits per heavy atom. The minimum Gasteiger partial charge on any atom is -0.378 e. The highest BCUT2D eigenvalue weighted by Gasteiger charge is 2.28. The second-order valence-corrected chi connectivity index (χ2v) is 4.76. The molecule has 3 rings (SSSR count). The Kier molecular flexibility index (Phi) is 2.74. The van der Waals surface area contributed by atoms with E-state index in [9.17, 15) is 0 Å². The van der Waals surface area contributed by atoms with Crippen LogP contribution in [0.1, 0.15) is 29.9 Å². The Morgan fingerprint density at radius 3 is 2.65 bits per heavy atom. The first-order valence-corrected chi connectivity index (χ1v) is 6.25. The molecule has 1 aromatic rings. The molecule has 0 bridgehead atoms. The quantitative estimate of drug-likeness (QED) is 0.779. The standard InChI is InChI=1S/C14H16N2O/c15-10-11-1-4-14(13(9-11)12-2-3-12)16-5-7-17-8-6-16/h1,4,9,12H,2-3,5-8H2. The first kappa shape index (κ1) is 10.6. The van der Waals surface area contributed by atoms with Crippen molar-refractivity contribution in [3.63, 3.8) is 0 Å². The van der Waals surface area contributed by atoms with Crippen LogP contribution in [0.3, 0.4) is 0 Å². The molecule has 0 N–H and O–H groups in total. The predicted molar refractivity (Wildman–Crippen MR) is 66.2 cm³/mol. The summed E-state index contributed by atoms with van der Waals surface area (Å²) in [6.07, 6.45) is 2.54. The van der Waals surface area contributed by atoms with Gasteiger partial charge in [-0.1, -0.05) is 0 Å². The van der Waals surface area contributed by atoms with E-state index in [0.29, 0.717) is 5.92 Å². The van der Waals surface area contributed by atoms with E-state index in [4.69, 9.17) is 10.00 Å². The molecular weight excluding hydrogens is 212 g/mol. The molecule has 1 saturated carbocycles. The predicted octanol–water partition coefficient (Wildman–Crippen LogP) is 2.27. The Morgan fingerprint density at radius 2 is 2.00 bits per heavy atom. The maximum Gasteiger partial charge on any atom is 0.0991 e. The Bertz CT molecular complexity index is 454. The van der Waals surface area contributed by atoms with Crippen LogP contribution in [0.15, 0.2) is 18.2 Å². The molecule has 1 saturated heterocycles. The molecule has 3 heteroatoms. The summed E-state index contributed by atoms with van der Waals surface area (Å²) in [7, 11) is 0. The molecule has 0 unspecified atom stereocenters. The van der Waals surface area contributed by atoms with Crippen molar-refractivity contribution < 1.29 is 4.74 Å². The van der Waals surface area contributed by atoms with Crippen molar-refractivity contribution in [2.24, 2.45) is 0 Å². The van der Waals surface area contributed by atoms with Gasteiger partial charge in [0.15, 0.2) is 0 Å². The van der Waals surface area contributed by atoms with Gasteiger partial charge in [-0.25, -0.2) is 0 Å². The van der Waals surface area contributed by atoms with Gasteiger partial charge in [0.25, 0.3) is 0 Å². The van der Waals surface area contributed by atoms with Crippen LogP contribution in [0.25, 0.3) is 0 Å². The van der Waals surface area contributed by atoms with E-state index in [1.165, 1.54) is 24.1 Å². The van der Waals surface area contributed by atoms with Gasteiger partial charge in [0.05, 0.1) is 24.8 Å². The fraction of sp³-hybridized carbons (Fsp3) is 0.500. The topological polar surface area (TPSA) is 36.3 Å². The van der Waals surface area contributed by atoms with Crippen LogP contribution in [0.4, 0.5) is 5.69 Å². The maximum atomic E-state index is 8.98. The van der Waals surface area contributed by atoms with Crippen LogP contribution < -0.4 is 4.90 Å². The molecular formula is C14H16N2O. The van der Waals surface area contributed by atoms with E-state index in [2.05, 4.69) is 23.1 Å². The van der Waals surface area contributed by atoms with Crippen molar-refractivity contribution in [1.82, 2.24) is 0 Å². The normalized spacial score (nSPS) is 20.1. The fourth-order valence-corrected chi connectivity index (χ4v) is 2.44. The number of rotatable bonds is 2. The molecule has 1 aliphatic carbocycles. The summed E-state index contributed by atoms with van der Waals surface area (Å²) < 4.78 is 5.39. The number of morpholine rings is 1. The van der Waals surface area contributed by atoms with Gasteiger partial charge >= 0.3 is 0 Å². The molecule has 0 amide bonds. The van der Waals surface area contributed by atoms with Gasteiger partial charge in [0.1, 0.15) is 0 Å². The number of nitrogens with zero attached hydrogens (tertiary/aromatic N) is 2. The van der Waals surface area contributed by atoms with Crippen molar-refractivity contribution in [3.05, 3.63) is 29.3 Å². The third-order valence-electron chi connectivity index (χ3n) is 3.53. The van der Waals surface area contributed by atoms with Gasteiger partial charge in [-0.3, -0.25) is 0 Å². The third-order valence-corrected chi connectivity index (χ3v) is 3.53. The highest BCUT2D eigenvalue weighted by Crippen LogP contribution is 2.44. The van der Waals surface area contributed by atoms with Crippen molar-refractivity contribution in [2.75, 3.05) is 31.2 Å². The van der Waals surface area contributed by atoms with E-state index in [0.717, 1.165) is 31.9 Å². The summed E-state index contributed by atoms with van der Waals surface area (Å²) in [5, 5.41) is 8.98. The Hall–Kier alpha value is -1.53. The van der Waals surface area contributed by atoms with Gasteiger partial charge in [-0.05, 0) is 42.5 Å². The molecule has 17 heavy (non-hydrogen) atoms. The number of anilines is 1. The zero-order valence-corrected chi connectivity index (χ0v) is 9.85. The number of hydrogen-bond donors (Lipinski definition) is 0. The van der Waals surface area contributed by atoms with Gasteiger partial charge < -0.3 is 9.64 Å². The van der Waals surface area contributed by atoms with Crippen molar-refractivity contribution in [1.29, 1.82) is 5.26 Å². The van der Waals surface area contributed by atoms with Crippen LogP contribution >= 0.6 is 0 Å². The SMILES string of the molecule is N#Cc1ccc(N2CCOCC2)c(C2CC2)c1. The molecule has 1 heterocycles. The molecule has 1 aromatic carbocycles. The lowest BCUT2D eigenvalue weighted by Crippen LogP contribution is -2.36. The smallest absolute Gasteiger partial charge is 0.0991 e. The summed E-state index contributed by atoms with van der Waals surface area (Å²) in [6, 6.07) is 8.34. The van der Waals surface area contributed by atoms with E-state index in [1.807, 2.05) is 6.07 Å². The van der Waals surface area contributed by atoms with E-state index >= 15 is 0 Å². The zero-order chi connectivity index (χ0) is 11.7. The van der Waals surface area contributed by atoms with Crippen molar-refractivity contribution in [3.8, 4) is 6.07 Å². The fourth-order valence-electron chi connectivity index (χ4n) is 2.44. The van der Waals surface area contributed by atoms with Crippen molar-refractivity contribution in [2.45, 2.75) is 18.8 Å². The second-order valence-electron chi connectivity index (χ2n) is 4.76. The Balaban J connectivity index is 1.94. The molecule has 3 nitrogen and oxygen atoms in total. The lowest BCUT2D eigenvalue weighted by molar-refractivity contribution is 0.122. The summed E-state index contributed by atoms with van der Waals surface area (Å²) in [6.45, 7) is 3.55. The molecule has 2 fully saturated rings. The third kappa shape index (κ3) is 2.13. The van der Waals surface area contributed by atoms with Gasteiger partial charge in [0.2, 0.25) is 0 Å². The molecule has 2 aliphatic rings. The number of hydrogen-bond acceptors (Lipinski definition) is 3. The molecule has 0 aromatic heterocycles. The van der Waals surface area contributed by atoms with E-state index < -0.39 is 0 Å². The number of benzene rings is 1. The lowest BCUT2D eigenvalue weighted by Gasteiger charge is -2.30. The number of nitriles is 1. The summed E-state index contributed by atoms with van der Waals surface area (Å²) in [5.74, 6) is 0.682. The van der Waals surface area contributed by atoms with Crippen LogP contribution in [-0.2, 0) is 4.74 Å². The highest BCUT2D eigenvalue weighted by molar-refractivity contribution is 5.59. The highest BCUT2D eigenvalue weighted by atomic mass is 16.5. The second kappa shape index (κ2) is 4.38. The molecule has 0 atom stereocenters. The zero-order valence-electron chi connectivity index (χ0n) is 9.85. The van der Waals surface area contributed by atoms with Crippen molar-refractivity contribution >= 4 is 5.69 Å². The first-order chi connectivity index (χ1) is 8.38. The van der Waals surface area contributed by atoms with Crippen LogP contribution in [-0.4, -0.2) is 26.3 Å². The monoisotopic (exact) mass is 228 g/mol. The van der Waals surface area contributed by atoms with E-state index in [-0.39, 0.29) is 0 Å². The summed E-state index contributed by atoms with van der Waals surface area (Å²) >= 11 is 0. The van der Waals surface area contributed by atoms with Gasteiger partial charge in [0, 0.05) is 18.8 Å². The molecule has 1 aliphatic heterocycles. The van der Waals surface area contributed by atoms with Gasteiger partial charge in [-0.2, -0.15) is 5.26 Å². The summed E-state index contributed by atoms with van der Waals surface area (Å²) in [4.78, 5) is 2.39. The average Bonchev–Trinajstić information content (AvgIpc) is 3.23. The first-order valence-electron chi connectivity index (χ1n) is 6.25. The lowest BCUT2D eigenvalue weighted by atomic mass is 10.0. The van der Waals surface area contributed by atoms with Gasteiger partial charge in [-0.15, -0.1) is 0 Å². The van der Waals surface area contributed by atoms with Crippen LogP contribution in [0.5, 0.6) is 0 Å². The number of ether oxygens (including phenoxy) is 1. The molecule has 0 radical (unpaired) electrons. The summed E-state index contributed by atoms with van der Waals surface area (Å²) in [5.41, 5.74) is 3.46. The average molecular weight is 228 g/mol. The largest absolute Gasteiger partial charge is 0.378 e. The minimum atomic E-state index is 0.682. The molecule has 0 spiro atoms. The van der Waals surface area contributed by atoms with Crippen LogP contribution in [0, 0.1) is 11.3 Å². The Labute approximate surface area is 102 Å². The van der Waals surface area contributed by atoms with Crippen LogP contribution in [0.2, 0.25) is 0 Å². The molecule has 88 valence electrons.